The Morgan fingerprint density at radius 3 is 2.64 bits per heavy atom. The molecule has 1 aromatic carbocycles. The summed E-state index contributed by atoms with van der Waals surface area (Å²) in [6, 6.07) is 6.17. The molecule has 1 aliphatic carbocycles. The van der Waals surface area contributed by atoms with E-state index < -0.39 is 0 Å². The Morgan fingerprint density at radius 2 is 1.96 bits per heavy atom. The second-order valence-corrected chi connectivity index (χ2v) is 7.18. The van der Waals surface area contributed by atoms with E-state index in [9.17, 15) is 9.18 Å². The fourth-order valence-corrected chi connectivity index (χ4v) is 3.44. The van der Waals surface area contributed by atoms with Crippen LogP contribution in [0, 0.1) is 5.82 Å². The minimum atomic E-state index is -0.276. The summed E-state index contributed by atoms with van der Waals surface area (Å²) >= 11 is 0. The van der Waals surface area contributed by atoms with Crippen molar-refractivity contribution in [2.24, 2.45) is 0 Å². The molecule has 1 saturated carbocycles. The monoisotopic (exact) mass is 344 g/mol. The molecule has 1 heterocycles. The number of nitrogens with zero attached hydrogens (tertiary/aromatic N) is 2. The average Bonchev–Trinajstić information content (AvgIpc) is 3.04. The molecular formula is C19H25FN4O. The van der Waals surface area contributed by atoms with Gasteiger partial charge in [-0.05, 0) is 44.0 Å². The maximum absolute atomic E-state index is 13.1. The van der Waals surface area contributed by atoms with Gasteiger partial charge in [-0.15, -0.1) is 0 Å². The lowest BCUT2D eigenvalue weighted by Crippen LogP contribution is -2.51. The third-order valence-corrected chi connectivity index (χ3v) is 4.97. The first-order valence-electron chi connectivity index (χ1n) is 8.78. The van der Waals surface area contributed by atoms with E-state index in [1.54, 1.807) is 30.3 Å². The summed E-state index contributed by atoms with van der Waals surface area (Å²) in [5.74, 6) is -0.276. The van der Waals surface area contributed by atoms with Crippen LogP contribution in [0.2, 0.25) is 0 Å². The van der Waals surface area contributed by atoms with Gasteiger partial charge >= 0.3 is 6.03 Å². The summed E-state index contributed by atoms with van der Waals surface area (Å²) in [6.07, 6.45) is 7.34. The molecule has 0 radical (unpaired) electrons. The molecule has 25 heavy (non-hydrogen) atoms. The van der Waals surface area contributed by atoms with Gasteiger partial charge in [0, 0.05) is 23.7 Å². The number of H-pyrrole nitrogens is 1. The lowest BCUT2D eigenvalue weighted by molar-refractivity contribution is 0.180. The fraction of sp³-hybridized carbons (Fsp3) is 0.474. The van der Waals surface area contributed by atoms with Crippen molar-refractivity contribution in [3.8, 4) is 11.3 Å². The summed E-state index contributed by atoms with van der Waals surface area (Å²) in [6.45, 7) is 2.56. The van der Waals surface area contributed by atoms with Gasteiger partial charge in [0.2, 0.25) is 0 Å². The van der Waals surface area contributed by atoms with E-state index in [0.29, 0.717) is 6.54 Å². The molecule has 0 unspecified atom stereocenters. The number of benzene rings is 1. The van der Waals surface area contributed by atoms with Gasteiger partial charge in [-0.3, -0.25) is 5.10 Å². The number of halogens is 1. The molecular weight excluding hydrogens is 319 g/mol. The fourth-order valence-electron chi connectivity index (χ4n) is 3.44. The molecule has 1 aliphatic rings. The maximum Gasteiger partial charge on any atom is 0.317 e. The molecule has 0 bridgehead atoms. The van der Waals surface area contributed by atoms with E-state index in [1.165, 1.54) is 18.6 Å². The quantitative estimate of drug-likeness (QED) is 0.878. The van der Waals surface area contributed by atoms with Crippen LogP contribution in [0.3, 0.4) is 0 Å². The third-order valence-electron chi connectivity index (χ3n) is 4.97. The zero-order valence-electron chi connectivity index (χ0n) is 14.8. The highest BCUT2D eigenvalue weighted by Gasteiger charge is 2.29. The van der Waals surface area contributed by atoms with Gasteiger partial charge in [-0.25, -0.2) is 9.18 Å². The van der Waals surface area contributed by atoms with Crippen LogP contribution in [-0.4, -0.2) is 33.7 Å². The third kappa shape index (κ3) is 4.18. The van der Waals surface area contributed by atoms with Crippen molar-refractivity contribution in [3.05, 3.63) is 41.8 Å². The Labute approximate surface area is 147 Å². The van der Waals surface area contributed by atoms with Crippen molar-refractivity contribution in [3.63, 3.8) is 0 Å². The predicted octanol–water partition coefficient (Wildman–Crippen LogP) is 4.08. The highest BCUT2D eigenvalue weighted by Crippen LogP contribution is 2.28. The van der Waals surface area contributed by atoms with Gasteiger partial charge in [0.15, 0.2) is 0 Å². The van der Waals surface area contributed by atoms with Crippen LogP contribution in [0.4, 0.5) is 9.18 Å². The molecule has 2 aromatic rings. The lowest BCUT2D eigenvalue weighted by atomic mass is 9.83. The van der Waals surface area contributed by atoms with Crippen molar-refractivity contribution >= 4 is 6.03 Å². The van der Waals surface area contributed by atoms with E-state index in [1.807, 2.05) is 0 Å². The molecule has 134 valence electrons. The number of aromatic amines is 1. The first kappa shape index (κ1) is 17.5. The van der Waals surface area contributed by atoms with Crippen LogP contribution in [0.5, 0.6) is 0 Å². The molecule has 0 aliphatic heterocycles. The summed E-state index contributed by atoms with van der Waals surface area (Å²) in [7, 11) is 1.78. The molecule has 0 atom stereocenters. The topological polar surface area (TPSA) is 61.0 Å². The number of hydrogen-bond donors (Lipinski definition) is 2. The molecule has 0 spiro atoms. The van der Waals surface area contributed by atoms with E-state index in [2.05, 4.69) is 22.4 Å². The van der Waals surface area contributed by atoms with Crippen molar-refractivity contribution in [2.75, 3.05) is 7.05 Å². The van der Waals surface area contributed by atoms with Gasteiger partial charge in [-0.1, -0.05) is 19.3 Å². The van der Waals surface area contributed by atoms with Crippen molar-refractivity contribution in [1.82, 2.24) is 20.4 Å². The summed E-state index contributed by atoms with van der Waals surface area (Å²) in [5.41, 5.74) is 2.45. The maximum atomic E-state index is 13.1. The number of nitrogens with one attached hydrogen (secondary N) is 2. The number of rotatable bonds is 4. The highest BCUT2D eigenvalue weighted by atomic mass is 19.1. The Kier molecular flexibility index (Phi) is 5.06. The van der Waals surface area contributed by atoms with Crippen molar-refractivity contribution in [2.45, 2.75) is 51.1 Å². The van der Waals surface area contributed by atoms with Crippen LogP contribution in [0.15, 0.2) is 30.5 Å². The largest absolute Gasteiger partial charge is 0.333 e. The molecule has 2 amide bonds. The number of carbonyl (C=O) groups excluding carboxylic acids is 1. The Balaban J connectivity index is 1.67. The highest BCUT2D eigenvalue weighted by molar-refractivity contribution is 5.75. The summed E-state index contributed by atoms with van der Waals surface area (Å²) in [5, 5.41) is 10.2. The standard InChI is InChI=1S/C19H25FN4O/c1-19(10-4-3-5-11-19)22-18(25)24(2)13-15-12-21-23-17(15)14-6-8-16(20)9-7-14/h6-9,12H,3-5,10-11,13H2,1-2H3,(H,21,23)(H,22,25). The Morgan fingerprint density at radius 1 is 1.28 bits per heavy atom. The first-order valence-corrected chi connectivity index (χ1v) is 8.78. The normalized spacial score (nSPS) is 16.4. The Bertz CT molecular complexity index is 719. The number of hydrogen-bond acceptors (Lipinski definition) is 2. The van der Waals surface area contributed by atoms with E-state index in [-0.39, 0.29) is 17.4 Å². The molecule has 0 saturated heterocycles. The van der Waals surface area contributed by atoms with Gasteiger partial charge in [0.1, 0.15) is 5.82 Å². The SMILES string of the molecule is CN(Cc1cn[nH]c1-c1ccc(F)cc1)C(=O)NC1(C)CCCCC1. The van der Waals surface area contributed by atoms with Crippen LogP contribution >= 0.6 is 0 Å². The number of carbonyl (C=O) groups is 1. The molecule has 1 aromatic heterocycles. The molecule has 2 N–H and O–H groups in total. The summed E-state index contributed by atoms with van der Waals surface area (Å²) < 4.78 is 13.1. The van der Waals surface area contributed by atoms with E-state index in [4.69, 9.17) is 0 Å². The van der Waals surface area contributed by atoms with Crippen LogP contribution in [0.25, 0.3) is 11.3 Å². The molecule has 5 nitrogen and oxygen atoms in total. The average molecular weight is 344 g/mol. The molecule has 3 rings (SSSR count). The van der Waals surface area contributed by atoms with Crippen LogP contribution in [-0.2, 0) is 6.54 Å². The van der Waals surface area contributed by atoms with Gasteiger partial charge < -0.3 is 10.2 Å². The second kappa shape index (κ2) is 7.25. The lowest BCUT2D eigenvalue weighted by Gasteiger charge is -2.36. The van der Waals surface area contributed by atoms with Gasteiger partial charge in [-0.2, -0.15) is 5.10 Å². The number of amides is 2. The first-order chi connectivity index (χ1) is 12.0. The van der Waals surface area contributed by atoms with Gasteiger partial charge in [0.05, 0.1) is 18.4 Å². The molecule has 6 heteroatoms. The zero-order valence-corrected chi connectivity index (χ0v) is 14.8. The van der Waals surface area contributed by atoms with Gasteiger partial charge in [0.25, 0.3) is 0 Å². The Hall–Kier alpha value is -2.37. The van der Waals surface area contributed by atoms with Crippen molar-refractivity contribution in [1.29, 1.82) is 0 Å². The minimum absolute atomic E-state index is 0.0735. The van der Waals surface area contributed by atoms with E-state index >= 15 is 0 Å². The second-order valence-electron chi connectivity index (χ2n) is 7.18. The van der Waals surface area contributed by atoms with E-state index in [0.717, 1.165) is 42.5 Å². The number of aromatic nitrogens is 2. The molecule has 1 fully saturated rings. The van der Waals surface area contributed by atoms with Crippen LogP contribution in [0.1, 0.15) is 44.6 Å². The number of urea groups is 1. The van der Waals surface area contributed by atoms with Crippen molar-refractivity contribution < 1.29 is 9.18 Å². The predicted molar refractivity (Wildman–Crippen MR) is 95.5 cm³/mol. The smallest absolute Gasteiger partial charge is 0.317 e. The van der Waals surface area contributed by atoms with Crippen LogP contribution < -0.4 is 5.32 Å². The summed E-state index contributed by atoms with van der Waals surface area (Å²) in [4.78, 5) is 14.2. The zero-order chi connectivity index (χ0) is 17.9. The minimum Gasteiger partial charge on any atom is -0.333 e.